The molecule has 0 bridgehead atoms. The highest BCUT2D eigenvalue weighted by molar-refractivity contribution is 5.70. The van der Waals surface area contributed by atoms with E-state index in [2.05, 4.69) is 0 Å². The van der Waals surface area contributed by atoms with Crippen LogP contribution in [0.5, 0.6) is 0 Å². The van der Waals surface area contributed by atoms with Gasteiger partial charge < -0.3 is 5.11 Å². The average Bonchev–Trinajstić information content (AvgIpc) is 2.15. The van der Waals surface area contributed by atoms with Crippen molar-refractivity contribution in [3.63, 3.8) is 0 Å². The molecule has 94 valence electrons. The first kappa shape index (κ1) is 13.5. The van der Waals surface area contributed by atoms with Crippen molar-refractivity contribution in [2.45, 2.75) is 19.5 Å². The van der Waals surface area contributed by atoms with Crippen molar-refractivity contribution in [3.05, 3.63) is 35.1 Å². The third kappa shape index (κ3) is 3.44. The fourth-order valence-corrected chi connectivity index (χ4v) is 1.42. The Hall–Kier alpha value is -1.59. The Bertz CT molecular complexity index is 426. The smallest absolute Gasteiger partial charge is 0.416 e. The minimum absolute atomic E-state index is 0.340. The van der Waals surface area contributed by atoms with Crippen molar-refractivity contribution in [2.24, 2.45) is 5.92 Å². The monoisotopic (exact) mass is 250 g/mol. The van der Waals surface area contributed by atoms with Crippen LogP contribution in [-0.4, -0.2) is 11.1 Å². The molecule has 0 saturated carbocycles. The number of benzene rings is 1. The van der Waals surface area contributed by atoms with Crippen molar-refractivity contribution in [2.75, 3.05) is 0 Å². The predicted octanol–water partition coefficient (Wildman–Crippen LogP) is 3.11. The second kappa shape index (κ2) is 4.73. The zero-order valence-corrected chi connectivity index (χ0v) is 8.88. The van der Waals surface area contributed by atoms with Crippen molar-refractivity contribution < 1.29 is 27.5 Å². The molecule has 0 radical (unpaired) electrons. The molecular weight excluding hydrogens is 240 g/mol. The number of hydrogen-bond donors (Lipinski definition) is 1. The molecule has 0 aliphatic rings. The van der Waals surface area contributed by atoms with E-state index in [1.807, 2.05) is 0 Å². The summed E-state index contributed by atoms with van der Waals surface area (Å²) in [6.07, 6.45) is -4.97. The van der Waals surface area contributed by atoms with Gasteiger partial charge >= 0.3 is 12.1 Å². The van der Waals surface area contributed by atoms with E-state index in [1.165, 1.54) is 6.92 Å². The molecular formula is C11H10F4O2. The van der Waals surface area contributed by atoms with E-state index < -0.39 is 29.4 Å². The maximum atomic E-state index is 12.9. The van der Waals surface area contributed by atoms with Crippen LogP contribution in [0.3, 0.4) is 0 Å². The number of aliphatic carboxylic acids is 1. The van der Waals surface area contributed by atoms with Gasteiger partial charge in [0.2, 0.25) is 0 Å². The van der Waals surface area contributed by atoms with E-state index in [1.54, 1.807) is 0 Å². The molecule has 0 aliphatic heterocycles. The highest BCUT2D eigenvalue weighted by Gasteiger charge is 2.34. The van der Waals surface area contributed by atoms with Gasteiger partial charge in [-0.1, -0.05) is 6.92 Å². The first-order chi connectivity index (χ1) is 7.71. The lowest BCUT2D eigenvalue weighted by Gasteiger charge is -2.14. The van der Waals surface area contributed by atoms with Crippen LogP contribution in [-0.2, 0) is 17.4 Å². The molecule has 1 rings (SSSR count). The lowest BCUT2D eigenvalue weighted by molar-refractivity contribution is -0.142. The van der Waals surface area contributed by atoms with Gasteiger partial charge in [0.05, 0.1) is 11.5 Å². The summed E-state index contributed by atoms with van der Waals surface area (Å²) in [5.41, 5.74) is -1.33. The number of alkyl halides is 3. The summed E-state index contributed by atoms with van der Waals surface area (Å²) in [4.78, 5) is 10.6. The van der Waals surface area contributed by atoms with Crippen LogP contribution >= 0.6 is 0 Å². The summed E-state index contributed by atoms with van der Waals surface area (Å²) < 4.78 is 50.6. The molecule has 1 aromatic rings. The second-order valence-electron chi connectivity index (χ2n) is 3.74. The molecule has 0 spiro atoms. The zero-order chi connectivity index (χ0) is 13.2. The Morgan fingerprint density at radius 2 is 2.00 bits per heavy atom. The number of carboxylic acids is 1. The van der Waals surface area contributed by atoms with Gasteiger partial charge in [-0.3, -0.25) is 4.79 Å². The molecule has 2 nitrogen and oxygen atoms in total. The molecule has 1 N–H and O–H groups in total. The number of carboxylic acid groups (broad SMARTS) is 1. The molecule has 0 amide bonds. The highest BCUT2D eigenvalue weighted by atomic mass is 19.4. The van der Waals surface area contributed by atoms with Crippen LogP contribution in [0, 0.1) is 11.7 Å². The molecule has 0 aromatic heterocycles. The molecule has 6 heteroatoms. The molecule has 0 aliphatic carbocycles. The lowest BCUT2D eigenvalue weighted by atomic mass is 9.96. The van der Waals surface area contributed by atoms with E-state index in [-0.39, 0.29) is 12.0 Å². The maximum absolute atomic E-state index is 12.9. The standard InChI is InChI=1S/C11H10F4O2/c1-6(10(16)17)4-7-5-8(12)2-3-9(7)11(13,14)15/h2-3,5-6H,4H2,1H3,(H,16,17). The molecule has 1 atom stereocenters. The van der Waals surface area contributed by atoms with Crippen LogP contribution in [0.15, 0.2) is 18.2 Å². The van der Waals surface area contributed by atoms with Gasteiger partial charge in [-0.25, -0.2) is 4.39 Å². The van der Waals surface area contributed by atoms with E-state index in [0.29, 0.717) is 12.1 Å². The summed E-state index contributed by atoms with van der Waals surface area (Å²) >= 11 is 0. The summed E-state index contributed by atoms with van der Waals surface area (Å²) in [6.45, 7) is 1.27. The van der Waals surface area contributed by atoms with Crippen LogP contribution in [0.4, 0.5) is 17.6 Å². The zero-order valence-electron chi connectivity index (χ0n) is 8.88. The largest absolute Gasteiger partial charge is 0.481 e. The van der Waals surface area contributed by atoms with Crippen molar-refractivity contribution in [3.8, 4) is 0 Å². The van der Waals surface area contributed by atoms with Crippen LogP contribution < -0.4 is 0 Å². The third-order valence-corrected chi connectivity index (χ3v) is 2.32. The maximum Gasteiger partial charge on any atom is 0.416 e. The van der Waals surface area contributed by atoms with E-state index >= 15 is 0 Å². The summed E-state index contributed by atoms with van der Waals surface area (Å²) in [5, 5.41) is 8.63. The van der Waals surface area contributed by atoms with Crippen molar-refractivity contribution in [1.82, 2.24) is 0 Å². The summed E-state index contributed by atoms with van der Waals surface area (Å²) in [6, 6.07) is 2.05. The first-order valence-electron chi connectivity index (χ1n) is 4.80. The number of rotatable bonds is 3. The fraction of sp³-hybridized carbons (Fsp3) is 0.364. The van der Waals surface area contributed by atoms with E-state index in [4.69, 9.17) is 5.11 Å². The van der Waals surface area contributed by atoms with Crippen LogP contribution in [0.1, 0.15) is 18.1 Å². The van der Waals surface area contributed by atoms with Gasteiger partial charge in [-0.05, 0) is 30.2 Å². The van der Waals surface area contributed by atoms with Crippen LogP contribution in [0.25, 0.3) is 0 Å². The predicted molar refractivity (Wildman–Crippen MR) is 51.9 cm³/mol. The van der Waals surface area contributed by atoms with E-state index in [9.17, 15) is 22.4 Å². The Morgan fingerprint density at radius 1 is 1.41 bits per heavy atom. The minimum Gasteiger partial charge on any atom is -0.481 e. The number of carbonyl (C=O) groups is 1. The van der Waals surface area contributed by atoms with Gasteiger partial charge in [-0.2, -0.15) is 13.2 Å². The first-order valence-corrected chi connectivity index (χ1v) is 4.80. The van der Waals surface area contributed by atoms with E-state index in [0.717, 1.165) is 6.07 Å². The van der Waals surface area contributed by atoms with Crippen molar-refractivity contribution >= 4 is 5.97 Å². The van der Waals surface area contributed by atoms with Gasteiger partial charge in [0.15, 0.2) is 0 Å². The quantitative estimate of drug-likeness (QED) is 0.837. The Balaban J connectivity index is 3.12. The minimum atomic E-state index is -4.61. The van der Waals surface area contributed by atoms with Gasteiger partial charge in [0.1, 0.15) is 5.82 Å². The van der Waals surface area contributed by atoms with Crippen molar-refractivity contribution in [1.29, 1.82) is 0 Å². The third-order valence-electron chi connectivity index (χ3n) is 2.32. The Kier molecular flexibility index (Phi) is 3.75. The van der Waals surface area contributed by atoms with Crippen LogP contribution in [0.2, 0.25) is 0 Å². The molecule has 0 heterocycles. The molecule has 1 unspecified atom stereocenters. The summed E-state index contributed by atoms with van der Waals surface area (Å²) in [7, 11) is 0. The molecule has 0 fully saturated rings. The second-order valence-corrected chi connectivity index (χ2v) is 3.74. The Morgan fingerprint density at radius 3 is 2.47 bits per heavy atom. The topological polar surface area (TPSA) is 37.3 Å². The fourth-order valence-electron chi connectivity index (χ4n) is 1.42. The highest BCUT2D eigenvalue weighted by Crippen LogP contribution is 2.33. The normalized spacial score (nSPS) is 13.5. The number of hydrogen-bond acceptors (Lipinski definition) is 1. The average molecular weight is 250 g/mol. The SMILES string of the molecule is CC(Cc1cc(F)ccc1C(F)(F)F)C(=O)O. The molecule has 17 heavy (non-hydrogen) atoms. The molecule has 1 aromatic carbocycles. The lowest BCUT2D eigenvalue weighted by Crippen LogP contribution is -2.16. The summed E-state index contributed by atoms with van der Waals surface area (Å²) in [5.74, 6) is -3.04. The Labute approximate surface area is 94.9 Å². The molecule has 0 saturated heterocycles. The number of halogens is 4. The van der Waals surface area contributed by atoms with Gasteiger partial charge in [0.25, 0.3) is 0 Å². The van der Waals surface area contributed by atoms with Gasteiger partial charge in [-0.15, -0.1) is 0 Å². The van der Waals surface area contributed by atoms with Gasteiger partial charge in [0, 0.05) is 0 Å².